The van der Waals surface area contributed by atoms with Crippen LogP contribution in [0.5, 0.6) is 0 Å². The van der Waals surface area contributed by atoms with Crippen LogP contribution in [0.2, 0.25) is 0 Å². The number of amides is 1. The first-order valence-electron chi connectivity index (χ1n) is 4.83. The minimum Gasteiger partial charge on any atom is -0.367 e. The number of carbonyl (C=O) groups excluding carboxylic acids is 1. The van der Waals surface area contributed by atoms with Gasteiger partial charge in [-0.25, -0.2) is 9.67 Å². The number of aromatic nitrogens is 3. The lowest BCUT2D eigenvalue weighted by atomic mass is 10.2. The maximum atomic E-state index is 11.5. The van der Waals surface area contributed by atoms with E-state index >= 15 is 0 Å². The highest BCUT2D eigenvalue weighted by Crippen LogP contribution is 2.08. The van der Waals surface area contributed by atoms with Gasteiger partial charge in [0.25, 0.3) is 0 Å². The van der Waals surface area contributed by atoms with Crippen molar-refractivity contribution < 1.29 is 4.79 Å². The Morgan fingerprint density at radius 2 is 2.33 bits per heavy atom. The fourth-order valence-electron chi connectivity index (χ4n) is 1.54. The Morgan fingerprint density at radius 3 is 2.93 bits per heavy atom. The van der Waals surface area contributed by atoms with Crippen molar-refractivity contribution >= 4 is 11.9 Å². The molecule has 1 amide bonds. The maximum absolute atomic E-state index is 11.5. The fourth-order valence-corrected chi connectivity index (χ4v) is 1.54. The number of nitrogens with zero attached hydrogens (tertiary/aromatic N) is 3. The van der Waals surface area contributed by atoms with Crippen LogP contribution in [0.15, 0.2) is 18.5 Å². The van der Waals surface area contributed by atoms with E-state index in [1.807, 2.05) is 0 Å². The van der Waals surface area contributed by atoms with Gasteiger partial charge in [0.05, 0.1) is 0 Å². The molecule has 0 aromatic carbocycles. The molecule has 0 spiro atoms. The van der Waals surface area contributed by atoms with Crippen molar-refractivity contribution in [3.8, 4) is 0 Å². The van der Waals surface area contributed by atoms with Crippen molar-refractivity contribution in [2.45, 2.75) is 25.4 Å². The molecule has 0 saturated heterocycles. The smallest absolute Gasteiger partial charge is 0.242 e. The summed E-state index contributed by atoms with van der Waals surface area (Å²) in [5.74, 6) is 0.124. The lowest BCUT2D eigenvalue weighted by molar-refractivity contribution is -0.122. The van der Waals surface area contributed by atoms with Crippen LogP contribution in [-0.2, 0) is 11.3 Å². The number of nitrogens with two attached hydrogens (primary N) is 1. The highest BCUT2D eigenvalue weighted by atomic mass is 16.2. The highest BCUT2D eigenvalue weighted by molar-refractivity contribution is 5.76. The van der Waals surface area contributed by atoms with Crippen LogP contribution in [0.4, 0.5) is 5.95 Å². The van der Waals surface area contributed by atoms with E-state index in [0.29, 0.717) is 0 Å². The molecule has 1 aromatic rings. The van der Waals surface area contributed by atoms with Crippen molar-refractivity contribution in [3.63, 3.8) is 0 Å². The SMILES string of the molecule is Nc1ncn(CC(=O)NC2CC=CC2)n1. The van der Waals surface area contributed by atoms with Crippen molar-refractivity contribution in [2.24, 2.45) is 0 Å². The molecule has 3 N–H and O–H groups in total. The molecule has 0 saturated carbocycles. The Balaban J connectivity index is 1.82. The Labute approximate surface area is 87.2 Å². The molecule has 1 aromatic heterocycles. The van der Waals surface area contributed by atoms with Gasteiger partial charge in [0.15, 0.2) is 0 Å². The van der Waals surface area contributed by atoms with E-state index in [-0.39, 0.29) is 24.4 Å². The zero-order valence-corrected chi connectivity index (χ0v) is 8.26. The summed E-state index contributed by atoms with van der Waals surface area (Å²) in [4.78, 5) is 15.2. The van der Waals surface area contributed by atoms with Crippen LogP contribution in [0, 0.1) is 0 Å². The third kappa shape index (κ3) is 2.55. The average molecular weight is 207 g/mol. The third-order valence-electron chi connectivity index (χ3n) is 2.23. The summed E-state index contributed by atoms with van der Waals surface area (Å²) in [6.45, 7) is 0.167. The topological polar surface area (TPSA) is 85.8 Å². The van der Waals surface area contributed by atoms with E-state index in [0.717, 1.165) is 12.8 Å². The van der Waals surface area contributed by atoms with E-state index < -0.39 is 0 Å². The molecular weight excluding hydrogens is 194 g/mol. The standard InChI is InChI=1S/C9H13N5O/c10-9-11-6-14(13-9)5-8(15)12-7-3-1-2-4-7/h1-2,6-7H,3-5H2,(H2,10,13)(H,12,15). The van der Waals surface area contributed by atoms with Crippen LogP contribution in [0.1, 0.15) is 12.8 Å². The van der Waals surface area contributed by atoms with Crippen molar-refractivity contribution in [1.82, 2.24) is 20.1 Å². The molecule has 6 nitrogen and oxygen atoms in total. The third-order valence-corrected chi connectivity index (χ3v) is 2.23. The second kappa shape index (κ2) is 4.12. The number of nitrogen functional groups attached to an aromatic ring is 1. The zero-order valence-electron chi connectivity index (χ0n) is 8.26. The number of rotatable bonds is 3. The zero-order chi connectivity index (χ0) is 10.7. The van der Waals surface area contributed by atoms with Crippen LogP contribution >= 0.6 is 0 Å². The second-order valence-corrected chi connectivity index (χ2v) is 3.51. The van der Waals surface area contributed by atoms with Crippen molar-refractivity contribution in [3.05, 3.63) is 18.5 Å². The Bertz CT molecular complexity index is 376. The van der Waals surface area contributed by atoms with Crippen molar-refractivity contribution in [2.75, 3.05) is 5.73 Å². The molecule has 0 bridgehead atoms. The normalized spacial score (nSPS) is 15.7. The molecule has 6 heteroatoms. The fraction of sp³-hybridized carbons (Fsp3) is 0.444. The molecule has 0 atom stereocenters. The molecule has 0 radical (unpaired) electrons. The monoisotopic (exact) mass is 207 g/mol. The van der Waals surface area contributed by atoms with Gasteiger partial charge in [-0.2, -0.15) is 0 Å². The molecule has 1 aliphatic rings. The van der Waals surface area contributed by atoms with Crippen LogP contribution in [0.3, 0.4) is 0 Å². The Kier molecular flexibility index (Phi) is 2.66. The Morgan fingerprint density at radius 1 is 1.60 bits per heavy atom. The molecule has 1 aliphatic carbocycles. The van der Waals surface area contributed by atoms with Gasteiger partial charge in [-0.3, -0.25) is 4.79 Å². The van der Waals surface area contributed by atoms with Gasteiger partial charge >= 0.3 is 0 Å². The quantitative estimate of drug-likeness (QED) is 0.666. The molecule has 1 heterocycles. The van der Waals surface area contributed by atoms with Gasteiger partial charge in [0, 0.05) is 6.04 Å². The highest BCUT2D eigenvalue weighted by Gasteiger charge is 2.13. The summed E-state index contributed by atoms with van der Waals surface area (Å²) in [7, 11) is 0. The summed E-state index contributed by atoms with van der Waals surface area (Å²) in [5.41, 5.74) is 5.33. The minimum atomic E-state index is -0.0615. The van der Waals surface area contributed by atoms with E-state index in [9.17, 15) is 4.79 Å². The molecule has 2 rings (SSSR count). The van der Waals surface area contributed by atoms with E-state index in [4.69, 9.17) is 5.73 Å². The predicted molar refractivity (Wildman–Crippen MR) is 54.7 cm³/mol. The van der Waals surface area contributed by atoms with Gasteiger partial charge in [-0.1, -0.05) is 12.2 Å². The predicted octanol–water partition coefficient (Wildman–Crippen LogP) is -0.305. The average Bonchev–Trinajstić information content (AvgIpc) is 2.77. The van der Waals surface area contributed by atoms with Gasteiger partial charge in [-0.05, 0) is 12.8 Å². The largest absolute Gasteiger partial charge is 0.367 e. The van der Waals surface area contributed by atoms with E-state index in [1.54, 1.807) is 0 Å². The molecular formula is C9H13N5O. The second-order valence-electron chi connectivity index (χ2n) is 3.51. The van der Waals surface area contributed by atoms with Gasteiger partial charge in [0.2, 0.25) is 11.9 Å². The number of hydrogen-bond donors (Lipinski definition) is 2. The van der Waals surface area contributed by atoms with Crippen LogP contribution in [0.25, 0.3) is 0 Å². The lowest BCUT2D eigenvalue weighted by Crippen LogP contribution is -2.35. The first-order chi connectivity index (χ1) is 7.24. The van der Waals surface area contributed by atoms with Crippen molar-refractivity contribution in [1.29, 1.82) is 0 Å². The van der Waals surface area contributed by atoms with E-state index in [2.05, 4.69) is 27.6 Å². The summed E-state index contributed by atoms with van der Waals surface area (Å²) in [6, 6.07) is 0.235. The molecule has 0 fully saturated rings. The lowest BCUT2D eigenvalue weighted by Gasteiger charge is -2.11. The summed E-state index contributed by atoms with van der Waals surface area (Å²) < 4.78 is 1.42. The number of hydrogen-bond acceptors (Lipinski definition) is 4. The molecule has 0 unspecified atom stereocenters. The maximum Gasteiger partial charge on any atom is 0.242 e. The molecule has 0 aliphatic heterocycles. The van der Waals surface area contributed by atoms with Crippen LogP contribution in [-0.4, -0.2) is 26.7 Å². The number of nitrogens with one attached hydrogen (secondary N) is 1. The van der Waals surface area contributed by atoms with Crippen LogP contribution < -0.4 is 11.1 Å². The molecule has 15 heavy (non-hydrogen) atoms. The number of carbonyl (C=O) groups is 1. The first kappa shape index (κ1) is 9.70. The minimum absolute atomic E-state index is 0.0615. The summed E-state index contributed by atoms with van der Waals surface area (Å²) in [6.07, 6.45) is 7.40. The van der Waals surface area contributed by atoms with Gasteiger partial charge in [0.1, 0.15) is 12.9 Å². The van der Waals surface area contributed by atoms with Gasteiger partial charge < -0.3 is 11.1 Å². The summed E-state index contributed by atoms with van der Waals surface area (Å²) in [5, 5.41) is 6.74. The van der Waals surface area contributed by atoms with Gasteiger partial charge in [-0.15, -0.1) is 5.10 Å². The van der Waals surface area contributed by atoms with E-state index in [1.165, 1.54) is 11.0 Å². The summed E-state index contributed by atoms with van der Waals surface area (Å²) >= 11 is 0. The Hall–Kier alpha value is -1.85. The molecule has 80 valence electrons. The number of anilines is 1. The first-order valence-corrected chi connectivity index (χ1v) is 4.83.